The molecule has 6 nitrogen and oxygen atoms in total. The molecule has 1 aliphatic heterocycles. The highest BCUT2D eigenvalue weighted by atomic mass is 16.2. The van der Waals surface area contributed by atoms with Crippen LogP contribution in [-0.4, -0.2) is 29.3 Å². The summed E-state index contributed by atoms with van der Waals surface area (Å²) in [5.74, 6) is -0.179. The van der Waals surface area contributed by atoms with Gasteiger partial charge in [0.05, 0.1) is 6.04 Å². The summed E-state index contributed by atoms with van der Waals surface area (Å²) in [5, 5.41) is 5.72. The molecule has 2 aromatic carbocycles. The zero-order valence-electron chi connectivity index (χ0n) is 19.9. The van der Waals surface area contributed by atoms with Crippen molar-refractivity contribution in [2.75, 3.05) is 6.54 Å². The van der Waals surface area contributed by atoms with Crippen LogP contribution >= 0.6 is 0 Å². The quantitative estimate of drug-likeness (QED) is 0.630. The van der Waals surface area contributed by atoms with E-state index in [9.17, 15) is 14.4 Å². The summed E-state index contributed by atoms with van der Waals surface area (Å²) >= 11 is 0. The summed E-state index contributed by atoms with van der Waals surface area (Å²) in [6.07, 6.45) is 4.17. The first-order valence-corrected chi connectivity index (χ1v) is 11.8. The van der Waals surface area contributed by atoms with Crippen molar-refractivity contribution in [2.24, 2.45) is 5.92 Å². The van der Waals surface area contributed by atoms with Crippen molar-refractivity contribution in [3.05, 3.63) is 70.3 Å². The average Bonchev–Trinajstić information content (AvgIpc) is 3.32. The molecule has 2 N–H and O–H groups in total. The smallest absolute Gasteiger partial charge is 0.325 e. The summed E-state index contributed by atoms with van der Waals surface area (Å²) in [6.45, 7) is 7.67. The van der Waals surface area contributed by atoms with Crippen LogP contribution in [0.3, 0.4) is 0 Å². The van der Waals surface area contributed by atoms with Crippen molar-refractivity contribution in [1.29, 1.82) is 0 Å². The van der Waals surface area contributed by atoms with E-state index in [1.807, 2.05) is 37.3 Å². The molecule has 2 aromatic rings. The zero-order chi connectivity index (χ0) is 23.8. The van der Waals surface area contributed by atoms with Gasteiger partial charge < -0.3 is 10.6 Å². The maximum atomic E-state index is 13.2. The Labute approximate surface area is 195 Å². The van der Waals surface area contributed by atoms with Crippen LogP contribution in [0.5, 0.6) is 0 Å². The number of benzene rings is 2. The molecule has 2 atom stereocenters. The van der Waals surface area contributed by atoms with Gasteiger partial charge in [-0.3, -0.25) is 14.5 Å². The number of urea groups is 1. The molecule has 0 saturated carbocycles. The second-order valence-electron chi connectivity index (χ2n) is 9.91. The number of fused-ring (bicyclic) bond motifs is 1. The standard InChI is InChI=1S/C27H33N3O3/c1-17(2)14-19-8-10-20(11-9-19)18(3)28-24(31)16-30-25(32)27(4,29-26(30)33)23-13-12-21-6-5-7-22(21)15-23/h8-13,15,17-18H,5-7,14,16H2,1-4H3,(H,28,31)(H,29,33). The lowest BCUT2D eigenvalue weighted by Crippen LogP contribution is -2.43. The van der Waals surface area contributed by atoms with E-state index in [1.165, 1.54) is 16.7 Å². The second-order valence-corrected chi connectivity index (χ2v) is 9.91. The van der Waals surface area contributed by atoms with Crippen molar-refractivity contribution < 1.29 is 14.4 Å². The summed E-state index contributed by atoms with van der Waals surface area (Å²) in [4.78, 5) is 39.6. The Morgan fingerprint density at radius 2 is 1.76 bits per heavy atom. The minimum Gasteiger partial charge on any atom is -0.348 e. The molecule has 6 heteroatoms. The normalized spacial score (nSPS) is 20.7. The van der Waals surface area contributed by atoms with Crippen molar-refractivity contribution >= 4 is 17.8 Å². The van der Waals surface area contributed by atoms with Gasteiger partial charge in [-0.2, -0.15) is 0 Å². The molecular formula is C27H33N3O3. The molecule has 33 heavy (non-hydrogen) atoms. The second kappa shape index (κ2) is 9.00. The van der Waals surface area contributed by atoms with Gasteiger partial charge in [-0.1, -0.05) is 56.3 Å². The maximum absolute atomic E-state index is 13.2. The number of carbonyl (C=O) groups excluding carboxylic acids is 3. The van der Waals surface area contributed by atoms with Crippen LogP contribution in [0.15, 0.2) is 42.5 Å². The van der Waals surface area contributed by atoms with Gasteiger partial charge in [0.1, 0.15) is 12.1 Å². The molecule has 0 spiro atoms. The predicted molar refractivity (Wildman–Crippen MR) is 128 cm³/mol. The van der Waals surface area contributed by atoms with Crippen molar-refractivity contribution in [3.63, 3.8) is 0 Å². The van der Waals surface area contributed by atoms with Crippen LogP contribution in [0.2, 0.25) is 0 Å². The van der Waals surface area contributed by atoms with E-state index in [-0.39, 0.29) is 18.5 Å². The number of hydrogen-bond acceptors (Lipinski definition) is 3. The van der Waals surface area contributed by atoms with Gasteiger partial charge in [0.25, 0.3) is 5.91 Å². The number of aryl methyl sites for hydroxylation is 2. The number of carbonyl (C=O) groups is 3. The van der Waals surface area contributed by atoms with Crippen LogP contribution in [0, 0.1) is 5.92 Å². The van der Waals surface area contributed by atoms with E-state index < -0.39 is 17.5 Å². The monoisotopic (exact) mass is 447 g/mol. The lowest BCUT2D eigenvalue weighted by atomic mass is 9.89. The molecule has 2 aliphatic rings. The number of rotatable bonds is 7. The highest BCUT2D eigenvalue weighted by Gasteiger charge is 2.49. The van der Waals surface area contributed by atoms with E-state index in [1.54, 1.807) is 6.92 Å². The summed E-state index contributed by atoms with van der Waals surface area (Å²) < 4.78 is 0. The molecule has 4 amide bonds. The minimum absolute atomic E-state index is 0.227. The first-order valence-electron chi connectivity index (χ1n) is 11.8. The van der Waals surface area contributed by atoms with E-state index in [4.69, 9.17) is 0 Å². The third-order valence-electron chi connectivity index (χ3n) is 6.75. The highest BCUT2D eigenvalue weighted by Crippen LogP contribution is 2.32. The van der Waals surface area contributed by atoms with Crippen molar-refractivity contribution in [3.8, 4) is 0 Å². The summed E-state index contributed by atoms with van der Waals surface area (Å²) in [6, 6.07) is 13.4. The molecular weight excluding hydrogens is 414 g/mol. The summed E-state index contributed by atoms with van der Waals surface area (Å²) in [5.41, 5.74) is 4.39. The first-order chi connectivity index (χ1) is 15.7. The van der Waals surface area contributed by atoms with E-state index in [2.05, 4.69) is 36.6 Å². The van der Waals surface area contributed by atoms with Crippen molar-refractivity contribution in [1.82, 2.24) is 15.5 Å². The van der Waals surface area contributed by atoms with Crippen LogP contribution in [-0.2, 0) is 34.4 Å². The first kappa shape index (κ1) is 23.0. The summed E-state index contributed by atoms with van der Waals surface area (Å²) in [7, 11) is 0. The fourth-order valence-electron chi connectivity index (χ4n) is 4.85. The van der Waals surface area contributed by atoms with Crippen LogP contribution < -0.4 is 10.6 Å². The Balaban J connectivity index is 1.41. The largest absolute Gasteiger partial charge is 0.348 e. The molecule has 1 aliphatic carbocycles. The number of amides is 4. The van der Waals surface area contributed by atoms with E-state index in [0.717, 1.165) is 41.7 Å². The topological polar surface area (TPSA) is 78.5 Å². The van der Waals surface area contributed by atoms with Crippen LogP contribution in [0.4, 0.5) is 4.79 Å². The van der Waals surface area contributed by atoms with Gasteiger partial charge in [-0.15, -0.1) is 0 Å². The molecule has 0 aromatic heterocycles. The fraction of sp³-hybridized carbons (Fsp3) is 0.444. The third kappa shape index (κ3) is 4.65. The number of imide groups is 1. The third-order valence-corrected chi connectivity index (χ3v) is 6.75. The Hall–Kier alpha value is -3.15. The Bertz CT molecular complexity index is 1080. The Morgan fingerprint density at radius 3 is 2.45 bits per heavy atom. The molecule has 1 saturated heterocycles. The van der Waals surface area contributed by atoms with Gasteiger partial charge >= 0.3 is 6.03 Å². The zero-order valence-corrected chi connectivity index (χ0v) is 19.9. The van der Waals surface area contributed by atoms with Gasteiger partial charge in [-0.05, 0) is 73.3 Å². The van der Waals surface area contributed by atoms with E-state index in [0.29, 0.717) is 5.92 Å². The SMILES string of the molecule is CC(C)Cc1ccc(C(C)NC(=O)CN2C(=O)NC(C)(c3ccc4c(c3)CCC4)C2=O)cc1. The Morgan fingerprint density at radius 1 is 1.06 bits per heavy atom. The van der Waals surface area contributed by atoms with Crippen LogP contribution in [0.25, 0.3) is 0 Å². The fourth-order valence-corrected chi connectivity index (χ4v) is 4.85. The Kier molecular flexibility index (Phi) is 6.28. The van der Waals surface area contributed by atoms with Gasteiger partial charge in [0.2, 0.25) is 5.91 Å². The molecule has 2 unspecified atom stereocenters. The van der Waals surface area contributed by atoms with Gasteiger partial charge in [0, 0.05) is 0 Å². The van der Waals surface area contributed by atoms with Crippen LogP contribution in [0.1, 0.15) is 68.0 Å². The lowest BCUT2D eigenvalue weighted by molar-refractivity contribution is -0.135. The molecule has 174 valence electrons. The minimum atomic E-state index is -1.16. The van der Waals surface area contributed by atoms with E-state index >= 15 is 0 Å². The molecule has 1 fully saturated rings. The molecule has 1 heterocycles. The van der Waals surface area contributed by atoms with Gasteiger partial charge in [0.15, 0.2) is 0 Å². The number of nitrogens with zero attached hydrogens (tertiary/aromatic N) is 1. The molecule has 0 bridgehead atoms. The van der Waals surface area contributed by atoms with Gasteiger partial charge in [-0.25, -0.2) is 4.79 Å². The number of hydrogen-bond donors (Lipinski definition) is 2. The lowest BCUT2D eigenvalue weighted by Gasteiger charge is -2.23. The predicted octanol–water partition coefficient (Wildman–Crippen LogP) is 4.02. The maximum Gasteiger partial charge on any atom is 0.325 e. The molecule has 4 rings (SSSR count). The average molecular weight is 448 g/mol. The highest BCUT2D eigenvalue weighted by molar-refractivity contribution is 6.09. The number of nitrogens with one attached hydrogen (secondary N) is 2. The van der Waals surface area contributed by atoms with Crippen molar-refractivity contribution in [2.45, 2.75) is 65.0 Å². The molecule has 0 radical (unpaired) electrons.